The van der Waals surface area contributed by atoms with E-state index < -0.39 is 54.6 Å². The minimum Gasteiger partial charge on any atom is -0.463 e. The van der Waals surface area contributed by atoms with Gasteiger partial charge in [-0.2, -0.15) is 0 Å². The van der Waals surface area contributed by atoms with E-state index in [4.69, 9.17) is 28.4 Å². The Labute approximate surface area is 383 Å². The van der Waals surface area contributed by atoms with Gasteiger partial charge in [0.1, 0.15) is 12.7 Å². The molecule has 0 amide bonds. The number of carbonyl (C=O) groups is 4. The highest BCUT2D eigenvalue weighted by Gasteiger charge is 2.53. The third kappa shape index (κ3) is 17.5. The molecule has 0 unspecified atom stereocenters. The topological polar surface area (TPSA) is 124 Å². The Balaban J connectivity index is 1.66. The number of rotatable bonds is 17. The summed E-state index contributed by atoms with van der Waals surface area (Å²) in [4.78, 5) is 48.5. The van der Waals surface area contributed by atoms with Crippen LogP contribution in [0.15, 0.2) is 130 Å². The van der Waals surface area contributed by atoms with E-state index in [2.05, 4.69) is 142 Å². The molecule has 10 heteroatoms. The normalized spacial score (nSPS) is 26.2. The summed E-state index contributed by atoms with van der Waals surface area (Å²) in [5.41, 5.74) is 9.82. The van der Waals surface area contributed by atoms with Crippen LogP contribution in [-0.2, 0) is 47.6 Å². The van der Waals surface area contributed by atoms with Gasteiger partial charge in [0.05, 0.1) is 6.10 Å². The molecule has 0 N–H and O–H groups in total. The lowest BCUT2D eigenvalue weighted by atomic mass is 9.71. The zero-order valence-corrected chi connectivity index (χ0v) is 40.9. The molecular formula is C54H74O10. The molecule has 6 atom stereocenters. The van der Waals surface area contributed by atoms with Crippen molar-refractivity contribution in [2.24, 2.45) is 10.8 Å². The van der Waals surface area contributed by atoms with Gasteiger partial charge in [-0.3, -0.25) is 19.2 Å². The van der Waals surface area contributed by atoms with Crippen LogP contribution in [0, 0.1) is 10.8 Å². The van der Waals surface area contributed by atoms with Crippen LogP contribution >= 0.6 is 0 Å². The Kier molecular flexibility index (Phi) is 20.7. The minimum atomic E-state index is -1.29. The number of hydrogen-bond acceptors (Lipinski definition) is 10. The largest absolute Gasteiger partial charge is 0.463 e. The van der Waals surface area contributed by atoms with Crippen molar-refractivity contribution in [1.82, 2.24) is 0 Å². The van der Waals surface area contributed by atoms with Gasteiger partial charge in [-0.05, 0) is 95.6 Å². The molecule has 0 aromatic carbocycles. The Hall–Kier alpha value is -5.06. The molecule has 0 radical (unpaired) electrons. The van der Waals surface area contributed by atoms with Crippen LogP contribution in [0.1, 0.15) is 129 Å². The molecule has 0 bridgehead atoms. The van der Waals surface area contributed by atoms with Crippen molar-refractivity contribution in [3.8, 4) is 0 Å². The average Bonchev–Trinajstić information content (AvgIpc) is 3.16. The predicted octanol–water partition coefficient (Wildman–Crippen LogP) is 11.7. The summed E-state index contributed by atoms with van der Waals surface area (Å²) in [6.45, 7) is 26.2. The fourth-order valence-electron chi connectivity index (χ4n) is 8.51. The molecule has 1 heterocycles. The van der Waals surface area contributed by atoms with E-state index in [1.54, 1.807) is 0 Å². The summed E-state index contributed by atoms with van der Waals surface area (Å²) >= 11 is 0. The second-order valence-electron chi connectivity index (χ2n) is 18.7. The number of carbonyl (C=O) groups excluding carboxylic acids is 4. The molecule has 1 aliphatic heterocycles. The summed E-state index contributed by atoms with van der Waals surface area (Å²) in [7, 11) is 0. The molecule has 64 heavy (non-hydrogen) atoms. The summed E-state index contributed by atoms with van der Waals surface area (Å²) in [6, 6.07) is 0. The van der Waals surface area contributed by atoms with E-state index in [0.717, 1.165) is 16.7 Å². The average molecular weight is 883 g/mol. The van der Waals surface area contributed by atoms with Gasteiger partial charge in [-0.25, -0.2) is 0 Å². The van der Waals surface area contributed by atoms with E-state index in [1.807, 2.05) is 12.2 Å². The highest BCUT2D eigenvalue weighted by molar-refractivity contribution is 5.68. The number of hydrogen-bond donors (Lipinski definition) is 0. The summed E-state index contributed by atoms with van der Waals surface area (Å²) < 4.78 is 34.7. The monoisotopic (exact) mass is 883 g/mol. The van der Waals surface area contributed by atoms with Crippen molar-refractivity contribution in [2.75, 3.05) is 6.61 Å². The smallest absolute Gasteiger partial charge is 0.303 e. The molecule has 3 aliphatic rings. The first kappa shape index (κ1) is 53.3. The van der Waals surface area contributed by atoms with E-state index in [9.17, 15) is 19.2 Å². The lowest BCUT2D eigenvalue weighted by molar-refractivity contribution is -0.318. The fraction of sp³-hybridized carbons (Fsp3) is 0.519. The van der Waals surface area contributed by atoms with Gasteiger partial charge in [-0.15, -0.1) is 0 Å². The fourth-order valence-corrected chi connectivity index (χ4v) is 8.51. The molecule has 1 saturated heterocycles. The van der Waals surface area contributed by atoms with Crippen LogP contribution in [0.4, 0.5) is 0 Å². The van der Waals surface area contributed by atoms with Crippen molar-refractivity contribution in [3.05, 3.63) is 130 Å². The maximum atomic E-state index is 12.3. The molecular weight excluding hydrogens is 809 g/mol. The number of allylic oxidation sites excluding steroid dienone is 21. The maximum Gasteiger partial charge on any atom is 0.303 e. The number of esters is 4. The molecule has 3 rings (SSSR count). The van der Waals surface area contributed by atoms with Crippen molar-refractivity contribution in [1.29, 1.82) is 0 Å². The van der Waals surface area contributed by atoms with Gasteiger partial charge >= 0.3 is 23.9 Å². The molecule has 0 aromatic heterocycles. The molecule has 2 aliphatic carbocycles. The van der Waals surface area contributed by atoms with Crippen molar-refractivity contribution in [2.45, 2.75) is 166 Å². The second kappa shape index (κ2) is 24.9. The standard InChI is InChI=1S/C54H74O10/c1-35(22-17-24-37(3)27-29-46-39(5)26-19-31-53(46,11)12)20-15-16-21-36(2)23-18-25-38(4)28-30-47-40(6)32-45(33-54(47,13)14)63-52-51(62-44(10)58)50(61-43(9)57)49(60-42(8)56)48(64-52)34-59-41(7)55/h15-18,20-25,27-30,45,48-52H,19,26,31-34H2,1-14H3/b16-15+,22-17+,23-18+,29-27+,30-28+,35-20+,36-21+,37-24+,38-25+/t45-,48-,49-,50+,51-,52-/m1/s1. The van der Waals surface area contributed by atoms with Crippen LogP contribution in [0.3, 0.4) is 0 Å². The van der Waals surface area contributed by atoms with Crippen molar-refractivity contribution >= 4 is 23.9 Å². The van der Waals surface area contributed by atoms with Crippen LogP contribution in [0.2, 0.25) is 0 Å². The van der Waals surface area contributed by atoms with Crippen LogP contribution in [0.25, 0.3) is 0 Å². The zero-order chi connectivity index (χ0) is 47.8. The van der Waals surface area contributed by atoms with Gasteiger partial charge in [0, 0.05) is 27.7 Å². The van der Waals surface area contributed by atoms with Crippen molar-refractivity contribution < 1.29 is 47.6 Å². The van der Waals surface area contributed by atoms with Crippen LogP contribution < -0.4 is 0 Å². The second-order valence-corrected chi connectivity index (χ2v) is 18.7. The van der Waals surface area contributed by atoms with Gasteiger partial charge in [0.25, 0.3) is 0 Å². The van der Waals surface area contributed by atoms with Crippen LogP contribution in [0.5, 0.6) is 0 Å². The van der Waals surface area contributed by atoms with Gasteiger partial charge in [0.15, 0.2) is 24.6 Å². The number of ether oxygens (including phenoxy) is 6. The van der Waals surface area contributed by atoms with E-state index in [-0.39, 0.29) is 23.5 Å². The maximum absolute atomic E-state index is 12.3. The minimum absolute atomic E-state index is 0.245. The SMILES string of the molecule is CC(=O)OC[C@H]1O[C@@H](O[C@@H]2CC(C)=C(/C=C/C(C)=C/C=C/C(C)=C/C=C/C=C(C)/C=C/C=C(C)/C=C/C3=C(C)CCCC3(C)C)C(C)(C)C2)[C@H](OC(C)=O)[C@@H](OC(C)=O)[C@@H]1OC(C)=O. The summed E-state index contributed by atoms with van der Waals surface area (Å²) in [5, 5.41) is 0. The van der Waals surface area contributed by atoms with E-state index in [1.165, 1.54) is 74.8 Å². The highest BCUT2D eigenvalue weighted by atomic mass is 16.7. The Morgan fingerprint density at radius 3 is 1.55 bits per heavy atom. The first-order valence-corrected chi connectivity index (χ1v) is 22.4. The van der Waals surface area contributed by atoms with E-state index >= 15 is 0 Å². The Bertz CT molecular complexity index is 2040. The van der Waals surface area contributed by atoms with Gasteiger partial charge in [-0.1, -0.05) is 146 Å². The molecule has 1 fully saturated rings. The van der Waals surface area contributed by atoms with Crippen LogP contribution in [-0.4, -0.2) is 67.3 Å². The summed E-state index contributed by atoms with van der Waals surface area (Å²) in [6.07, 6.45) is 28.0. The molecule has 0 aromatic rings. The lowest BCUT2D eigenvalue weighted by Crippen LogP contribution is -2.63. The quantitative estimate of drug-likeness (QED) is 0.0792. The molecule has 0 saturated carbocycles. The third-order valence-corrected chi connectivity index (χ3v) is 11.6. The zero-order valence-electron chi connectivity index (χ0n) is 40.9. The van der Waals surface area contributed by atoms with Crippen molar-refractivity contribution in [3.63, 3.8) is 0 Å². The molecule has 0 spiro atoms. The van der Waals surface area contributed by atoms with Gasteiger partial charge in [0.2, 0.25) is 0 Å². The first-order chi connectivity index (χ1) is 30.0. The highest BCUT2D eigenvalue weighted by Crippen LogP contribution is 2.44. The Morgan fingerprint density at radius 2 is 1.06 bits per heavy atom. The lowest BCUT2D eigenvalue weighted by Gasteiger charge is -2.46. The third-order valence-electron chi connectivity index (χ3n) is 11.6. The molecule has 10 nitrogen and oxygen atoms in total. The molecule has 350 valence electrons. The summed E-state index contributed by atoms with van der Waals surface area (Å²) in [5.74, 6) is -2.65. The predicted molar refractivity (Wildman–Crippen MR) is 254 cm³/mol. The van der Waals surface area contributed by atoms with E-state index in [0.29, 0.717) is 12.8 Å². The first-order valence-electron chi connectivity index (χ1n) is 22.4. The van der Waals surface area contributed by atoms with Gasteiger partial charge < -0.3 is 28.4 Å². The Morgan fingerprint density at radius 1 is 0.594 bits per heavy atom.